The van der Waals surface area contributed by atoms with Crippen LogP contribution in [0.15, 0.2) is 36.4 Å². The number of nitrogens with one attached hydrogen (secondary N) is 1. The zero-order chi connectivity index (χ0) is 17.5. The predicted molar refractivity (Wildman–Crippen MR) is 95.2 cm³/mol. The first-order chi connectivity index (χ1) is 11.3. The quantitative estimate of drug-likeness (QED) is 0.833. The Morgan fingerprint density at radius 1 is 1.17 bits per heavy atom. The van der Waals surface area contributed by atoms with E-state index in [1.807, 2.05) is 31.2 Å². The molecule has 0 aromatic heterocycles. The summed E-state index contributed by atoms with van der Waals surface area (Å²) in [5.74, 6) is 0.769. The zero-order valence-electron chi connectivity index (χ0n) is 14.4. The average Bonchev–Trinajstić information content (AvgIpc) is 3.15. The summed E-state index contributed by atoms with van der Waals surface area (Å²) in [5.41, 5.74) is 1.94. The third-order valence-electron chi connectivity index (χ3n) is 5.49. The van der Waals surface area contributed by atoms with Crippen molar-refractivity contribution in [3.8, 4) is 0 Å². The Morgan fingerprint density at radius 2 is 1.83 bits per heavy atom. The SMILES string of the molecule is Cc1ccc([C@H](NC(=O)[C@H]2C[C@H]3C=C[C@H]2C3)[C@H](C)S(C)(=O)=O)cc1. The van der Waals surface area contributed by atoms with Gasteiger partial charge in [-0.1, -0.05) is 42.0 Å². The highest BCUT2D eigenvalue weighted by Crippen LogP contribution is 2.43. The molecule has 1 saturated carbocycles. The number of sulfone groups is 1. The summed E-state index contributed by atoms with van der Waals surface area (Å²) in [6.45, 7) is 3.65. The molecule has 0 unspecified atom stereocenters. The van der Waals surface area contributed by atoms with Gasteiger partial charge < -0.3 is 5.32 Å². The fourth-order valence-electron chi connectivity index (χ4n) is 3.84. The number of aryl methyl sites for hydroxylation is 1. The third-order valence-corrected chi connectivity index (χ3v) is 7.12. The van der Waals surface area contributed by atoms with E-state index in [-0.39, 0.29) is 11.8 Å². The first kappa shape index (κ1) is 17.2. The summed E-state index contributed by atoms with van der Waals surface area (Å²) in [6, 6.07) is 7.19. The number of benzene rings is 1. The van der Waals surface area contributed by atoms with Crippen molar-refractivity contribution in [3.63, 3.8) is 0 Å². The normalized spacial score (nSPS) is 27.9. The number of carbonyl (C=O) groups excluding carboxylic acids is 1. The third kappa shape index (κ3) is 3.41. The molecule has 130 valence electrons. The topological polar surface area (TPSA) is 63.2 Å². The van der Waals surface area contributed by atoms with Crippen molar-refractivity contribution in [2.45, 2.75) is 38.0 Å². The summed E-state index contributed by atoms with van der Waals surface area (Å²) in [6.07, 6.45) is 7.49. The van der Waals surface area contributed by atoms with E-state index in [1.165, 1.54) is 6.26 Å². The Balaban J connectivity index is 1.83. The van der Waals surface area contributed by atoms with Crippen LogP contribution in [0.2, 0.25) is 0 Å². The molecule has 1 amide bonds. The lowest BCUT2D eigenvalue weighted by Gasteiger charge is -2.27. The fraction of sp³-hybridized carbons (Fsp3) is 0.526. The molecule has 5 heteroatoms. The van der Waals surface area contributed by atoms with E-state index in [0.717, 1.165) is 24.0 Å². The minimum Gasteiger partial charge on any atom is -0.348 e. The van der Waals surface area contributed by atoms with Gasteiger partial charge in [0, 0.05) is 12.2 Å². The molecular weight excluding hydrogens is 322 g/mol. The predicted octanol–water partition coefficient (Wildman–Crippen LogP) is 2.80. The number of fused-ring (bicyclic) bond motifs is 2. The molecule has 24 heavy (non-hydrogen) atoms. The molecule has 0 spiro atoms. The van der Waals surface area contributed by atoms with Gasteiger partial charge in [-0.05, 0) is 44.1 Å². The molecule has 3 rings (SSSR count). The number of hydrogen-bond acceptors (Lipinski definition) is 3. The second-order valence-corrected chi connectivity index (χ2v) is 9.72. The summed E-state index contributed by atoms with van der Waals surface area (Å²) in [7, 11) is -3.27. The van der Waals surface area contributed by atoms with Gasteiger partial charge in [0.15, 0.2) is 9.84 Å². The number of allylic oxidation sites excluding steroid dienone is 2. The molecule has 0 saturated heterocycles. The van der Waals surface area contributed by atoms with Crippen LogP contribution in [0, 0.1) is 24.7 Å². The van der Waals surface area contributed by atoms with Crippen LogP contribution in [-0.2, 0) is 14.6 Å². The van der Waals surface area contributed by atoms with Crippen molar-refractivity contribution in [2.75, 3.05) is 6.26 Å². The van der Waals surface area contributed by atoms with E-state index in [4.69, 9.17) is 0 Å². The van der Waals surface area contributed by atoms with Crippen molar-refractivity contribution < 1.29 is 13.2 Å². The lowest BCUT2D eigenvalue weighted by atomic mass is 9.92. The van der Waals surface area contributed by atoms with Crippen LogP contribution in [0.5, 0.6) is 0 Å². The largest absolute Gasteiger partial charge is 0.348 e. The van der Waals surface area contributed by atoms with Gasteiger partial charge in [0.05, 0.1) is 11.3 Å². The van der Waals surface area contributed by atoms with E-state index in [9.17, 15) is 13.2 Å². The summed E-state index contributed by atoms with van der Waals surface area (Å²) in [4.78, 5) is 12.8. The maximum atomic E-state index is 12.8. The summed E-state index contributed by atoms with van der Waals surface area (Å²) >= 11 is 0. The number of hydrogen-bond donors (Lipinski definition) is 1. The lowest BCUT2D eigenvalue weighted by molar-refractivity contribution is -0.126. The van der Waals surface area contributed by atoms with Crippen molar-refractivity contribution in [2.24, 2.45) is 17.8 Å². The molecule has 5 atom stereocenters. The van der Waals surface area contributed by atoms with E-state index in [1.54, 1.807) is 6.92 Å². The van der Waals surface area contributed by atoms with Crippen LogP contribution >= 0.6 is 0 Å². The zero-order valence-corrected chi connectivity index (χ0v) is 15.2. The first-order valence-corrected chi connectivity index (χ1v) is 10.5. The summed E-state index contributed by atoms with van der Waals surface area (Å²) < 4.78 is 24.2. The Morgan fingerprint density at radius 3 is 2.33 bits per heavy atom. The maximum absolute atomic E-state index is 12.8. The van der Waals surface area contributed by atoms with Crippen molar-refractivity contribution in [3.05, 3.63) is 47.5 Å². The van der Waals surface area contributed by atoms with Crippen molar-refractivity contribution >= 4 is 15.7 Å². The Kier molecular flexibility index (Phi) is 4.56. The maximum Gasteiger partial charge on any atom is 0.224 e. The first-order valence-electron chi connectivity index (χ1n) is 8.50. The van der Waals surface area contributed by atoms with Crippen LogP contribution in [0.3, 0.4) is 0 Å². The molecule has 1 N–H and O–H groups in total. The van der Waals surface area contributed by atoms with Crippen molar-refractivity contribution in [1.82, 2.24) is 5.32 Å². The van der Waals surface area contributed by atoms with E-state index in [0.29, 0.717) is 11.8 Å². The fourth-order valence-corrected chi connectivity index (χ4v) is 4.55. The minimum atomic E-state index is -3.27. The smallest absolute Gasteiger partial charge is 0.224 e. The van der Waals surface area contributed by atoms with Gasteiger partial charge in [0.25, 0.3) is 0 Å². The van der Waals surface area contributed by atoms with Crippen LogP contribution < -0.4 is 5.32 Å². The highest BCUT2D eigenvalue weighted by atomic mass is 32.2. The van der Waals surface area contributed by atoms with Gasteiger partial charge in [0.1, 0.15) is 0 Å². The number of carbonyl (C=O) groups is 1. The van der Waals surface area contributed by atoms with Gasteiger partial charge >= 0.3 is 0 Å². The van der Waals surface area contributed by atoms with E-state index >= 15 is 0 Å². The van der Waals surface area contributed by atoms with E-state index < -0.39 is 21.1 Å². The molecule has 1 aromatic carbocycles. The Bertz CT molecular complexity index is 751. The van der Waals surface area contributed by atoms with Crippen molar-refractivity contribution in [1.29, 1.82) is 0 Å². The summed E-state index contributed by atoms with van der Waals surface area (Å²) in [5, 5.41) is 2.37. The second kappa shape index (κ2) is 6.36. The van der Waals surface area contributed by atoms with Gasteiger partial charge in [0.2, 0.25) is 5.91 Å². The average molecular weight is 347 g/mol. The van der Waals surface area contributed by atoms with Crippen LogP contribution in [0.25, 0.3) is 0 Å². The van der Waals surface area contributed by atoms with E-state index in [2.05, 4.69) is 17.5 Å². The molecule has 2 aliphatic carbocycles. The lowest BCUT2D eigenvalue weighted by Crippen LogP contribution is -2.42. The van der Waals surface area contributed by atoms with Gasteiger partial charge in [-0.3, -0.25) is 4.79 Å². The standard InChI is InChI=1S/C19H25NO3S/c1-12-4-7-15(8-5-12)18(13(2)24(3,22)23)20-19(21)17-11-14-6-9-16(17)10-14/h4-9,13-14,16-18H,10-11H2,1-3H3,(H,20,21)/t13-,14-,16-,17-,18+/m0/s1. The van der Waals surface area contributed by atoms with Gasteiger partial charge in [-0.15, -0.1) is 0 Å². The Labute approximate surface area is 144 Å². The molecular formula is C19H25NO3S. The highest BCUT2D eigenvalue weighted by Gasteiger charge is 2.41. The molecule has 2 aliphatic rings. The van der Waals surface area contributed by atoms with Gasteiger partial charge in [-0.2, -0.15) is 0 Å². The molecule has 0 heterocycles. The molecule has 4 nitrogen and oxygen atoms in total. The molecule has 0 radical (unpaired) electrons. The molecule has 1 fully saturated rings. The van der Waals surface area contributed by atoms with Gasteiger partial charge in [-0.25, -0.2) is 8.42 Å². The number of amides is 1. The number of rotatable bonds is 5. The minimum absolute atomic E-state index is 0.0204. The second-order valence-electron chi connectivity index (χ2n) is 7.32. The molecule has 0 aliphatic heterocycles. The van der Waals surface area contributed by atoms with Crippen LogP contribution in [0.4, 0.5) is 0 Å². The highest BCUT2D eigenvalue weighted by molar-refractivity contribution is 7.91. The Hall–Kier alpha value is -1.62. The molecule has 2 bridgehead atoms. The molecule has 1 aromatic rings. The monoisotopic (exact) mass is 347 g/mol. The van der Waals surface area contributed by atoms with Crippen LogP contribution in [0.1, 0.15) is 36.9 Å². The van der Waals surface area contributed by atoms with Crippen LogP contribution in [-0.4, -0.2) is 25.8 Å².